The molecule has 0 saturated carbocycles. The number of carbonyl (C=O) groups is 3. The van der Waals surface area contributed by atoms with E-state index >= 15 is 0 Å². The molecule has 0 atom stereocenters. The highest BCUT2D eigenvalue weighted by Crippen LogP contribution is 2.16. The fraction of sp³-hybridized carbons (Fsp3) is 0.278. The number of carbonyl (C=O) groups excluding carboxylic acids is 3. The Morgan fingerprint density at radius 1 is 1.12 bits per heavy atom. The molecule has 0 aliphatic rings. The number of hydrogen-bond acceptors (Lipinski definition) is 6. The Morgan fingerprint density at radius 3 is 2.64 bits per heavy atom. The maximum atomic E-state index is 12.2. The summed E-state index contributed by atoms with van der Waals surface area (Å²) in [5.74, 6) is -1.78. The topological polar surface area (TPSA) is 84.5 Å². The summed E-state index contributed by atoms with van der Waals surface area (Å²) in [5.41, 5.74) is 1.02. The summed E-state index contributed by atoms with van der Waals surface area (Å²) in [6, 6.07) is 10.3. The molecule has 1 heterocycles. The summed E-state index contributed by atoms with van der Waals surface area (Å²) in [6.07, 6.45) is 2.02. The Hall–Kier alpha value is -2.67. The first-order chi connectivity index (χ1) is 12.1. The van der Waals surface area contributed by atoms with Gasteiger partial charge in [-0.25, -0.2) is 4.79 Å². The number of esters is 1. The molecule has 2 aromatic rings. The molecule has 2 rings (SSSR count). The Labute approximate surface area is 150 Å². The van der Waals surface area contributed by atoms with E-state index in [1.165, 1.54) is 11.3 Å². The van der Waals surface area contributed by atoms with Crippen molar-refractivity contribution in [3.8, 4) is 0 Å². The second-order valence-corrected chi connectivity index (χ2v) is 6.20. The minimum absolute atomic E-state index is 0.357. The SMILES string of the molecule is CCCCNc1ccccc1C(=O)OCC(=O)NC(=O)c1cccs1. The van der Waals surface area contributed by atoms with Crippen LogP contribution in [0.3, 0.4) is 0 Å². The van der Waals surface area contributed by atoms with Crippen molar-refractivity contribution >= 4 is 34.8 Å². The van der Waals surface area contributed by atoms with Crippen molar-refractivity contribution in [2.75, 3.05) is 18.5 Å². The molecule has 0 bridgehead atoms. The van der Waals surface area contributed by atoms with Gasteiger partial charge in [0.05, 0.1) is 10.4 Å². The lowest BCUT2D eigenvalue weighted by atomic mass is 10.1. The van der Waals surface area contributed by atoms with Crippen LogP contribution in [0.15, 0.2) is 41.8 Å². The highest BCUT2D eigenvalue weighted by atomic mass is 32.1. The molecule has 2 N–H and O–H groups in total. The number of nitrogens with one attached hydrogen (secondary N) is 2. The largest absolute Gasteiger partial charge is 0.452 e. The number of ether oxygens (including phenoxy) is 1. The third kappa shape index (κ3) is 5.72. The third-order valence-electron chi connectivity index (χ3n) is 3.33. The van der Waals surface area contributed by atoms with Crippen molar-refractivity contribution in [3.05, 3.63) is 52.2 Å². The third-order valence-corrected chi connectivity index (χ3v) is 4.19. The fourth-order valence-electron chi connectivity index (χ4n) is 2.06. The fourth-order valence-corrected chi connectivity index (χ4v) is 2.67. The number of anilines is 1. The van der Waals surface area contributed by atoms with Gasteiger partial charge in [0.15, 0.2) is 6.61 Å². The molecule has 0 saturated heterocycles. The number of thiophene rings is 1. The van der Waals surface area contributed by atoms with E-state index in [9.17, 15) is 14.4 Å². The monoisotopic (exact) mass is 360 g/mol. The second-order valence-electron chi connectivity index (χ2n) is 5.26. The zero-order valence-corrected chi connectivity index (χ0v) is 14.7. The van der Waals surface area contributed by atoms with Crippen molar-refractivity contribution in [1.82, 2.24) is 5.32 Å². The number of para-hydroxylation sites is 1. The number of rotatable bonds is 8. The summed E-state index contributed by atoms with van der Waals surface area (Å²) in [4.78, 5) is 36.1. The van der Waals surface area contributed by atoms with Crippen LogP contribution < -0.4 is 10.6 Å². The molecule has 6 nitrogen and oxygen atoms in total. The predicted molar refractivity (Wildman–Crippen MR) is 96.9 cm³/mol. The molecule has 0 spiro atoms. The minimum atomic E-state index is -0.664. The summed E-state index contributed by atoms with van der Waals surface area (Å²) in [7, 11) is 0. The van der Waals surface area contributed by atoms with Crippen LogP contribution in [-0.2, 0) is 9.53 Å². The van der Waals surface area contributed by atoms with Crippen LogP contribution in [0.1, 0.15) is 39.8 Å². The number of imide groups is 1. The van der Waals surface area contributed by atoms with Crippen LogP contribution in [-0.4, -0.2) is 30.9 Å². The van der Waals surface area contributed by atoms with Crippen LogP contribution in [0, 0.1) is 0 Å². The van der Waals surface area contributed by atoms with E-state index in [4.69, 9.17) is 4.74 Å². The maximum Gasteiger partial charge on any atom is 0.340 e. The van der Waals surface area contributed by atoms with Gasteiger partial charge in [-0.15, -0.1) is 11.3 Å². The molecule has 2 amide bonds. The summed E-state index contributed by atoms with van der Waals surface area (Å²) < 4.78 is 5.02. The van der Waals surface area contributed by atoms with Crippen LogP contribution in [0.2, 0.25) is 0 Å². The van der Waals surface area contributed by atoms with Crippen LogP contribution in [0.4, 0.5) is 5.69 Å². The molecule has 1 aromatic carbocycles. The highest BCUT2D eigenvalue weighted by molar-refractivity contribution is 7.12. The van der Waals surface area contributed by atoms with Gasteiger partial charge < -0.3 is 10.1 Å². The van der Waals surface area contributed by atoms with Crippen LogP contribution in [0.5, 0.6) is 0 Å². The van der Waals surface area contributed by atoms with Crippen molar-refractivity contribution in [2.24, 2.45) is 0 Å². The Kier molecular flexibility index (Phi) is 7.16. The maximum absolute atomic E-state index is 12.2. The van der Waals surface area contributed by atoms with E-state index in [1.807, 2.05) is 6.07 Å². The molecule has 0 aliphatic carbocycles. The zero-order valence-electron chi connectivity index (χ0n) is 13.9. The van der Waals surface area contributed by atoms with Gasteiger partial charge in [-0.1, -0.05) is 31.5 Å². The molecule has 0 fully saturated rings. The van der Waals surface area contributed by atoms with E-state index in [0.717, 1.165) is 19.4 Å². The average Bonchev–Trinajstić information content (AvgIpc) is 3.15. The smallest absolute Gasteiger partial charge is 0.340 e. The van der Waals surface area contributed by atoms with Gasteiger partial charge in [0.25, 0.3) is 11.8 Å². The number of unbranched alkanes of at least 4 members (excludes halogenated alkanes) is 1. The molecular formula is C18H20N2O4S. The summed E-state index contributed by atoms with van der Waals surface area (Å²) in [5, 5.41) is 7.10. The Morgan fingerprint density at radius 2 is 1.92 bits per heavy atom. The molecular weight excluding hydrogens is 340 g/mol. The molecule has 7 heteroatoms. The van der Waals surface area contributed by atoms with E-state index in [1.54, 1.807) is 35.7 Å². The van der Waals surface area contributed by atoms with Gasteiger partial charge in [0, 0.05) is 12.2 Å². The van der Waals surface area contributed by atoms with Crippen LogP contribution >= 0.6 is 11.3 Å². The van der Waals surface area contributed by atoms with E-state index in [0.29, 0.717) is 16.1 Å². The number of benzene rings is 1. The molecule has 0 aliphatic heterocycles. The lowest BCUT2D eigenvalue weighted by molar-refractivity contribution is -0.123. The van der Waals surface area contributed by atoms with E-state index in [2.05, 4.69) is 17.6 Å². The first kappa shape index (κ1) is 18.7. The van der Waals surface area contributed by atoms with Crippen LogP contribution in [0.25, 0.3) is 0 Å². The number of hydrogen-bond donors (Lipinski definition) is 2. The summed E-state index contributed by atoms with van der Waals surface area (Å²) >= 11 is 1.23. The Balaban J connectivity index is 1.87. The van der Waals surface area contributed by atoms with Crippen molar-refractivity contribution in [3.63, 3.8) is 0 Å². The van der Waals surface area contributed by atoms with E-state index in [-0.39, 0.29) is 0 Å². The van der Waals surface area contributed by atoms with E-state index < -0.39 is 24.4 Å². The lowest BCUT2D eigenvalue weighted by Gasteiger charge is -2.11. The van der Waals surface area contributed by atoms with Gasteiger partial charge in [0.2, 0.25) is 0 Å². The molecule has 1 aromatic heterocycles. The molecule has 0 unspecified atom stereocenters. The predicted octanol–water partition coefficient (Wildman–Crippen LogP) is 3.07. The van der Waals surface area contributed by atoms with Gasteiger partial charge >= 0.3 is 5.97 Å². The molecule has 0 radical (unpaired) electrons. The second kappa shape index (κ2) is 9.58. The zero-order chi connectivity index (χ0) is 18.1. The first-order valence-corrected chi connectivity index (χ1v) is 8.87. The average molecular weight is 360 g/mol. The summed E-state index contributed by atoms with van der Waals surface area (Å²) in [6.45, 7) is 2.31. The van der Waals surface area contributed by atoms with Gasteiger partial charge in [-0.05, 0) is 30.0 Å². The van der Waals surface area contributed by atoms with Gasteiger partial charge in [-0.2, -0.15) is 0 Å². The van der Waals surface area contributed by atoms with Crippen molar-refractivity contribution in [2.45, 2.75) is 19.8 Å². The number of amides is 2. The normalized spacial score (nSPS) is 10.1. The first-order valence-electron chi connectivity index (χ1n) is 7.99. The minimum Gasteiger partial charge on any atom is -0.452 e. The van der Waals surface area contributed by atoms with Crippen molar-refractivity contribution < 1.29 is 19.1 Å². The van der Waals surface area contributed by atoms with Gasteiger partial charge in [-0.3, -0.25) is 14.9 Å². The standard InChI is InChI=1S/C18H20N2O4S/c1-2-3-10-19-14-8-5-4-7-13(14)18(23)24-12-16(21)20-17(22)15-9-6-11-25-15/h4-9,11,19H,2-3,10,12H2,1H3,(H,20,21,22). The quantitative estimate of drug-likeness (QED) is 0.558. The molecule has 25 heavy (non-hydrogen) atoms. The highest BCUT2D eigenvalue weighted by Gasteiger charge is 2.16. The Bertz CT molecular complexity index is 728. The van der Waals surface area contributed by atoms with Crippen molar-refractivity contribution in [1.29, 1.82) is 0 Å². The molecule has 132 valence electrons. The lowest BCUT2D eigenvalue weighted by Crippen LogP contribution is -2.33. The van der Waals surface area contributed by atoms with Gasteiger partial charge in [0.1, 0.15) is 0 Å².